The number of carbonyl (C=O) groups is 7. The quantitative estimate of drug-likeness (QED) is 0.0146. The molecule has 514 valence electrons. The molecule has 4 saturated carbocycles. The van der Waals surface area contributed by atoms with Crippen LogP contribution in [-0.2, 0) is 48.2 Å². The van der Waals surface area contributed by atoms with Crippen molar-refractivity contribution in [1.82, 2.24) is 50.8 Å². The van der Waals surface area contributed by atoms with E-state index in [9.17, 15) is 38.7 Å². The molecule has 24 nitrogen and oxygen atoms in total. The zero-order valence-electron chi connectivity index (χ0n) is 56.6. The number of carboxylic acid groups (broad SMARTS) is 1. The van der Waals surface area contributed by atoms with Crippen LogP contribution in [0, 0.1) is 41.4 Å². The Labute approximate surface area is 569 Å². The lowest BCUT2D eigenvalue weighted by atomic mass is 9.35. The lowest BCUT2D eigenvalue weighted by Crippen LogP contribution is -2.60. The second-order valence-electron chi connectivity index (χ2n) is 29.7. The summed E-state index contributed by atoms with van der Waals surface area (Å²) >= 11 is 1.56. The van der Waals surface area contributed by atoms with Gasteiger partial charge in [-0.15, -0.1) is 10.2 Å². The minimum absolute atomic E-state index is 0.00245. The highest BCUT2D eigenvalue weighted by Crippen LogP contribution is 2.75. The predicted molar refractivity (Wildman–Crippen MR) is 367 cm³/mol. The highest BCUT2D eigenvalue weighted by Gasteiger charge is 2.65. The van der Waals surface area contributed by atoms with Gasteiger partial charge in [-0.1, -0.05) is 63.3 Å². The first kappa shape index (κ1) is 68.3. The number of nitrogens with one attached hydrogen (secondary N) is 5. The van der Waals surface area contributed by atoms with Crippen molar-refractivity contribution in [3.8, 4) is 11.1 Å². The topological polar surface area (TPSA) is 314 Å². The van der Waals surface area contributed by atoms with Gasteiger partial charge in [-0.05, 0) is 155 Å². The van der Waals surface area contributed by atoms with Gasteiger partial charge in [0.05, 0.1) is 67.5 Å². The van der Waals surface area contributed by atoms with Crippen LogP contribution in [0.1, 0.15) is 150 Å². The van der Waals surface area contributed by atoms with E-state index in [2.05, 4.69) is 69.3 Å². The van der Waals surface area contributed by atoms with Gasteiger partial charge in [-0.3, -0.25) is 33.6 Å². The molecule has 3 aliphatic heterocycles. The number of hydrogen-bond donors (Lipinski definition) is 6. The van der Waals surface area contributed by atoms with Crippen LogP contribution in [0.2, 0.25) is 0 Å². The number of pyridine rings is 1. The summed E-state index contributed by atoms with van der Waals surface area (Å²) in [6.07, 6.45) is 18.0. The van der Waals surface area contributed by atoms with Crippen LogP contribution in [0.5, 0.6) is 0 Å². The first-order valence-corrected chi connectivity index (χ1v) is 35.2. The number of imide groups is 1. The van der Waals surface area contributed by atoms with E-state index in [0.717, 1.165) is 118 Å². The summed E-state index contributed by atoms with van der Waals surface area (Å²) < 4.78 is 9.74. The largest absolute Gasteiger partial charge is 0.543 e. The maximum absolute atomic E-state index is 14.1. The van der Waals surface area contributed by atoms with Crippen LogP contribution >= 0.6 is 11.3 Å². The number of hydrogen-bond acceptors (Lipinski definition) is 17. The Morgan fingerprint density at radius 1 is 0.814 bits per heavy atom. The van der Waals surface area contributed by atoms with E-state index in [1.54, 1.807) is 25.2 Å². The fourth-order valence-electron chi connectivity index (χ4n) is 18.2. The molecule has 5 fully saturated rings. The highest BCUT2D eigenvalue weighted by atomic mass is 32.1. The molecule has 13 rings (SSSR count). The number of likely N-dealkylation sites (tertiary alicyclic amines) is 1. The van der Waals surface area contributed by atoms with E-state index in [1.807, 2.05) is 66.6 Å². The molecule has 7 N–H and O–H groups in total. The number of amides is 7. The summed E-state index contributed by atoms with van der Waals surface area (Å²) in [6.45, 7) is 18.5. The summed E-state index contributed by atoms with van der Waals surface area (Å²) in [5.41, 5.74) is 12.6. The van der Waals surface area contributed by atoms with Gasteiger partial charge in [-0.2, -0.15) is 5.10 Å². The Bertz CT molecular complexity index is 3960. The minimum atomic E-state index is -1.35. The summed E-state index contributed by atoms with van der Waals surface area (Å²) in [5, 5.41) is 42.8. The van der Waals surface area contributed by atoms with Gasteiger partial charge >= 0.3 is 6.03 Å². The Morgan fingerprint density at radius 3 is 2.26 bits per heavy atom. The molecule has 7 aliphatic rings. The number of urea groups is 1. The average molecular weight is 1340 g/mol. The van der Waals surface area contributed by atoms with Gasteiger partial charge in [0.15, 0.2) is 16.8 Å². The van der Waals surface area contributed by atoms with E-state index in [-0.39, 0.29) is 72.4 Å². The maximum atomic E-state index is 14.1. The molecule has 25 heteroatoms. The molecule has 2 unspecified atom stereocenters. The molecule has 0 radical (unpaired) electrons. The van der Waals surface area contributed by atoms with Gasteiger partial charge in [-0.25, -0.2) is 14.8 Å². The number of nitrogens with two attached hydrogens (primary N) is 1. The van der Waals surface area contributed by atoms with E-state index < -0.39 is 53.6 Å². The number of fused-ring (bicyclic) bond motifs is 2. The van der Waals surface area contributed by atoms with Crippen molar-refractivity contribution < 1.29 is 47.9 Å². The average Bonchev–Trinajstić information content (AvgIpc) is 1.25. The number of primary amides is 1. The Balaban J connectivity index is 0.670. The molecule has 0 spiro atoms. The minimum Gasteiger partial charge on any atom is -0.543 e. The number of nitrogens with zero attached hydrogens (tertiary/aromatic N) is 9. The van der Waals surface area contributed by atoms with Crippen LogP contribution in [-0.4, -0.2) is 145 Å². The fraction of sp³-hybridized carbons (Fsp3) is 0.528. The van der Waals surface area contributed by atoms with E-state index in [1.165, 1.54) is 56.2 Å². The second kappa shape index (κ2) is 28.0. The molecule has 4 atom stereocenters. The summed E-state index contributed by atoms with van der Waals surface area (Å²) in [6, 6.07) is 17.0. The number of carbonyl (C=O) groups excluding carboxylic acids is 7. The first-order valence-electron chi connectivity index (χ1n) is 34.4. The Morgan fingerprint density at radius 2 is 1.55 bits per heavy atom. The SMILES string of the molecule is Cc1c(Nc2nc3ccccc3s2)nnc2c1CCCN2c1ccc(-c2cnn(CC34CC5(C)CC(C)(CC(CCC[N+]6(Cc7ccc(NC(=O)[C@H](CCCNC(N)=O)NC(=O)[C@@H](NC(=O)CCOCCN8C(=O)C=CC8=O)C(C)C)cc7)CCCC6)(C5)C3)C4)c2C)c(C(=O)[O-])n1. The van der Waals surface area contributed by atoms with E-state index in [4.69, 9.17) is 30.6 Å². The standard InChI is InChI=1S/C72H91N15O9S/c1-45(2)60(80-57(88)26-34-96-35-30-85-58(89)24-25-59(85)90)65(92)77-54(16-11-28-74-67(73)95)64(91)76-49-20-18-48(19-21-49)37-87(31-9-10-32-87)33-13-27-71-39-69(5)38-70(6,40-71)42-72(41-69,43-71)44-86-47(4)52(36-75-86)51-22-23-56(79-61(51)66(93)94)84-29-12-14-50-46(3)62(82-83-63(50)84)81-68-78-53-15-7-8-17-55(53)97-68/h7-8,15,17-25,36,45,54,60H,9-14,16,26-35,37-44H2,1-6H3,(H7-,73,74,76,77,78,80,81,82,88,91,92,93,94,95)/t54-,60-,69?,70?,71?,72?/m0/s1. The van der Waals surface area contributed by atoms with Crippen LogP contribution in [0.3, 0.4) is 0 Å². The Hall–Kier alpha value is -8.68. The van der Waals surface area contributed by atoms with Crippen molar-refractivity contribution in [2.24, 2.45) is 33.3 Å². The lowest BCUT2D eigenvalue weighted by molar-refractivity contribution is -0.930. The molecule has 2 aromatic carbocycles. The Kier molecular flexibility index (Phi) is 19.7. The number of thiazole rings is 1. The molecule has 7 amide bonds. The van der Waals surface area contributed by atoms with Gasteiger partial charge < -0.3 is 56.3 Å². The number of para-hydroxylation sites is 1. The maximum Gasteiger partial charge on any atom is 0.312 e. The van der Waals surface area contributed by atoms with Crippen LogP contribution in [0.15, 0.2) is 79.0 Å². The number of aromatic nitrogens is 6. The number of anilines is 5. The number of carboxylic acids is 1. The van der Waals surface area contributed by atoms with Crippen molar-refractivity contribution >= 4 is 91.4 Å². The van der Waals surface area contributed by atoms with Gasteiger partial charge in [0.25, 0.3) is 11.8 Å². The molecule has 1 saturated heterocycles. The van der Waals surface area contributed by atoms with Crippen LogP contribution in [0.25, 0.3) is 21.3 Å². The molecule has 4 aliphatic carbocycles. The molecule has 7 heterocycles. The zero-order chi connectivity index (χ0) is 68.4. The van der Waals surface area contributed by atoms with E-state index >= 15 is 0 Å². The van der Waals surface area contributed by atoms with Gasteiger partial charge in [0, 0.05) is 90.2 Å². The van der Waals surface area contributed by atoms with Crippen LogP contribution < -0.4 is 42.3 Å². The number of rotatable bonds is 29. The molecule has 4 bridgehead atoms. The van der Waals surface area contributed by atoms with Crippen molar-refractivity contribution in [3.05, 3.63) is 107 Å². The first-order chi connectivity index (χ1) is 46.4. The smallest absolute Gasteiger partial charge is 0.312 e. The molecular formula is C72H91N15O9S. The third kappa shape index (κ3) is 15.2. The highest BCUT2D eigenvalue weighted by molar-refractivity contribution is 7.22. The molecule has 4 aromatic heterocycles. The zero-order valence-corrected chi connectivity index (χ0v) is 57.4. The monoisotopic (exact) mass is 1340 g/mol. The second-order valence-corrected chi connectivity index (χ2v) is 30.7. The fourth-order valence-corrected chi connectivity index (χ4v) is 19.1. The van der Waals surface area contributed by atoms with Gasteiger partial charge in [0.1, 0.15) is 24.4 Å². The summed E-state index contributed by atoms with van der Waals surface area (Å²) in [5.74, 6) is -2.20. The van der Waals surface area contributed by atoms with E-state index in [0.29, 0.717) is 41.7 Å². The van der Waals surface area contributed by atoms with Crippen molar-refractivity contribution in [3.63, 3.8) is 0 Å². The van der Waals surface area contributed by atoms with Crippen molar-refractivity contribution in [2.75, 3.05) is 68.0 Å². The predicted octanol–water partition coefficient (Wildman–Crippen LogP) is 8.46. The van der Waals surface area contributed by atoms with Gasteiger partial charge in [0.2, 0.25) is 17.7 Å². The molecular weight excluding hydrogens is 1250 g/mol. The summed E-state index contributed by atoms with van der Waals surface area (Å²) in [4.78, 5) is 102. The lowest BCUT2D eigenvalue weighted by Gasteiger charge is -2.70. The number of ether oxygens (including phenoxy) is 1. The summed E-state index contributed by atoms with van der Waals surface area (Å²) in [7, 11) is 0. The third-order valence-electron chi connectivity index (χ3n) is 21.2. The molecule has 6 aromatic rings. The molecule has 97 heavy (non-hydrogen) atoms. The number of quaternary nitrogens is 1. The third-order valence-corrected chi connectivity index (χ3v) is 22.2. The van der Waals surface area contributed by atoms with Crippen molar-refractivity contribution in [2.45, 2.75) is 163 Å². The number of benzene rings is 2. The van der Waals surface area contributed by atoms with Crippen molar-refractivity contribution in [1.29, 1.82) is 0 Å². The number of aromatic carboxylic acids is 1. The van der Waals surface area contributed by atoms with Crippen LogP contribution in [0.4, 0.5) is 33.1 Å². The normalized spacial score (nSPS) is 22.8.